The minimum absolute atomic E-state index is 0.147. The van der Waals surface area contributed by atoms with Crippen molar-refractivity contribution in [3.05, 3.63) is 34.6 Å². The molecule has 0 aliphatic heterocycles. The van der Waals surface area contributed by atoms with Gasteiger partial charge in [-0.05, 0) is 49.1 Å². The summed E-state index contributed by atoms with van der Waals surface area (Å²) in [4.78, 5) is 11.2. The molecule has 0 amide bonds. The Labute approximate surface area is 123 Å². The summed E-state index contributed by atoms with van der Waals surface area (Å²) in [5.74, 6) is -1.14. The van der Waals surface area contributed by atoms with Crippen LogP contribution in [-0.4, -0.2) is 17.6 Å². The highest BCUT2D eigenvalue weighted by molar-refractivity contribution is 6.31. The molecule has 1 saturated carbocycles. The van der Waals surface area contributed by atoms with E-state index in [4.69, 9.17) is 11.6 Å². The monoisotopic (exact) mass is 299 g/mol. The van der Waals surface area contributed by atoms with Gasteiger partial charge in [-0.15, -0.1) is 0 Å². The molecular weight excluding hydrogens is 281 g/mol. The van der Waals surface area contributed by atoms with Crippen LogP contribution >= 0.6 is 11.6 Å². The maximum atomic E-state index is 13.1. The average Bonchev–Trinajstić information content (AvgIpc) is 2.43. The van der Waals surface area contributed by atoms with Gasteiger partial charge in [-0.25, -0.2) is 4.39 Å². The van der Waals surface area contributed by atoms with Crippen LogP contribution in [-0.2, 0) is 11.3 Å². The summed E-state index contributed by atoms with van der Waals surface area (Å²) in [5, 5.41) is 12.9. The van der Waals surface area contributed by atoms with Gasteiger partial charge in [0.1, 0.15) is 5.82 Å². The van der Waals surface area contributed by atoms with Gasteiger partial charge in [0.2, 0.25) is 0 Å². The smallest absolute Gasteiger partial charge is 0.306 e. The number of nitrogens with one attached hydrogen (secondary N) is 1. The van der Waals surface area contributed by atoms with Crippen molar-refractivity contribution in [3.63, 3.8) is 0 Å². The number of aliphatic carboxylic acids is 1. The molecule has 0 heterocycles. The van der Waals surface area contributed by atoms with Crippen molar-refractivity contribution >= 4 is 17.6 Å². The molecule has 1 aliphatic carbocycles. The van der Waals surface area contributed by atoms with Gasteiger partial charge in [0.05, 0.1) is 5.92 Å². The zero-order valence-electron chi connectivity index (χ0n) is 11.2. The fourth-order valence-electron chi connectivity index (χ4n) is 2.85. The first kappa shape index (κ1) is 15.3. The van der Waals surface area contributed by atoms with Gasteiger partial charge in [-0.2, -0.15) is 0 Å². The van der Waals surface area contributed by atoms with E-state index >= 15 is 0 Å². The zero-order valence-corrected chi connectivity index (χ0v) is 12.0. The first-order valence-electron chi connectivity index (χ1n) is 6.95. The quantitative estimate of drug-likeness (QED) is 0.875. The van der Waals surface area contributed by atoms with Crippen LogP contribution in [0.1, 0.15) is 31.2 Å². The van der Waals surface area contributed by atoms with Gasteiger partial charge in [0, 0.05) is 11.6 Å². The van der Waals surface area contributed by atoms with Crippen LogP contribution in [0.4, 0.5) is 4.39 Å². The number of carboxylic acids is 1. The molecule has 0 bridgehead atoms. The first-order chi connectivity index (χ1) is 9.58. The molecule has 0 spiro atoms. The standard InChI is InChI=1S/C15H19ClFNO2/c16-14-6-5-12(17)7-11(14)9-18-8-10-3-1-2-4-13(10)15(19)20/h5-7,10,13,18H,1-4,8-9H2,(H,19,20). The lowest BCUT2D eigenvalue weighted by molar-refractivity contribution is -0.144. The summed E-state index contributed by atoms with van der Waals surface area (Å²) in [7, 11) is 0. The van der Waals surface area contributed by atoms with Gasteiger partial charge >= 0.3 is 5.97 Å². The topological polar surface area (TPSA) is 49.3 Å². The van der Waals surface area contributed by atoms with E-state index in [-0.39, 0.29) is 17.7 Å². The van der Waals surface area contributed by atoms with Crippen molar-refractivity contribution in [3.8, 4) is 0 Å². The molecule has 1 aromatic rings. The van der Waals surface area contributed by atoms with Crippen molar-refractivity contribution in [2.45, 2.75) is 32.2 Å². The van der Waals surface area contributed by atoms with Crippen molar-refractivity contribution in [2.24, 2.45) is 11.8 Å². The van der Waals surface area contributed by atoms with Crippen LogP contribution in [0.15, 0.2) is 18.2 Å². The van der Waals surface area contributed by atoms with Crippen LogP contribution in [0, 0.1) is 17.7 Å². The van der Waals surface area contributed by atoms with E-state index in [1.54, 1.807) is 0 Å². The van der Waals surface area contributed by atoms with Crippen LogP contribution in [0.5, 0.6) is 0 Å². The fraction of sp³-hybridized carbons (Fsp3) is 0.533. The summed E-state index contributed by atoms with van der Waals surface area (Å²) in [6.45, 7) is 1.09. The molecule has 20 heavy (non-hydrogen) atoms. The predicted octanol–water partition coefficient (Wildman–Crippen LogP) is 3.46. The predicted molar refractivity (Wildman–Crippen MR) is 76.2 cm³/mol. The van der Waals surface area contributed by atoms with E-state index in [2.05, 4.69) is 5.32 Å². The number of carbonyl (C=O) groups is 1. The number of hydrogen-bond acceptors (Lipinski definition) is 2. The molecule has 2 atom stereocenters. The van der Waals surface area contributed by atoms with Crippen LogP contribution in [0.25, 0.3) is 0 Å². The molecule has 1 aliphatic rings. The van der Waals surface area contributed by atoms with Gasteiger partial charge in [-0.3, -0.25) is 4.79 Å². The third-order valence-electron chi connectivity index (χ3n) is 3.96. The maximum absolute atomic E-state index is 13.1. The highest BCUT2D eigenvalue weighted by Crippen LogP contribution is 2.29. The average molecular weight is 300 g/mol. The SMILES string of the molecule is O=C(O)C1CCCCC1CNCc1cc(F)ccc1Cl. The Morgan fingerprint density at radius 3 is 2.90 bits per heavy atom. The molecule has 1 aromatic carbocycles. The van der Waals surface area contributed by atoms with E-state index in [1.165, 1.54) is 18.2 Å². The second kappa shape index (κ2) is 7.04. The Hall–Kier alpha value is -1.13. The molecular formula is C15H19ClFNO2. The number of carboxylic acid groups (broad SMARTS) is 1. The second-order valence-electron chi connectivity index (χ2n) is 5.36. The molecule has 0 radical (unpaired) electrons. The molecule has 2 N–H and O–H groups in total. The minimum Gasteiger partial charge on any atom is -0.481 e. The van der Waals surface area contributed by atoms with Crippen LogP contribution in [0.3, 0.4) is 0 Å². The van der Waals surface area contributed by atoms with Crippen LogP contribution < -0.4 is 5.32 Å². The van der Waals surface area contributed by atoms with Crippen molar-refractivity contribution in [1.29, 1.82) is 0 Å². The van der Waals surface area contributed by atoms with Gasteiger partial charge in [0.25, 0.3) is 0 Å². The molecule has 2 rings (SSSR count). The summed E-state index contributed by atoms with van der Waals surface area (Å²) >= 11 is 6.00. The van der Waals surface area contributed by atoms with E-state index in [9.17, 15) is 14.3 Å². The summed E-state index contributed by atoms with van der Waals surface area (Å²) in [6.07, 6.45) is 3.75. The zero-order chi connectivity index (χ0) is 14.5. The van der Waals surface area contributed by atoms with Crippen molar-refractivity contribution in [1.82, 2.24) is 5.32 Å². The molecule has 5 heteroatoms. The normalized spacial score (nSPS) is 22.7. The fourth-order valence-corrected chi connectivity index (χ4v) is 3.03. The second-order valence-corrected chi connectivity index (χ2v) is 5.76. The lowest BCUT2D eigenvalue weighted by Gasteiger charge is -2.28. The first-order valence-corrected chi connectivity index (χ1v) is 7.33. The third kappa shape index (κ3) is 3.93. The Bertz CT molecular complexity index is 481. The van der Waals surface area contributed by atoms with Gasteiger partial charge < -0.3 is 10.4 Å². The van der Waals surface area contributed by atoms with E-state index in [1.807, 2.05) is 0 Å². The Morgan fingerprint density at radius 2 is 2.15 bits per heavy atom. The number of benzene rings is 1. The molecule has 0 saturated heterocycles. The van der Waals surface area contributed by atoms with Gasteiger partial charge in [0.15, 0.2) is 0 Å². The molecule has 3 nitrogen and oxygen atoms in total. The van der Waals surface area contributed by atoms with Crippen molar-refractivity contribution in [2.75, 3.05) is 6.54 Å². The molecule has 2 unspecified atom stereocenters. The third-order valence-corrected chi connectivity index (χ3v) is 4.32. The summed E-state index contributed by atoms with van der Waals surface area (Å²) in [6, 6.07) is 4.27. The molecule has 110 valence electrons. The lowest BCUT2D eigenvalue weighted by atomic mass is 9.79. The van der Waals surface area contributed by atoms with Crippen molar-refractivity contribution < 1.29 is 14.3 Å². The lowest BCUT2D eigenvalue weighted by Crippen LogP contribution is -2.34. The number of hydrogen-bond donors (Lipinski definition) is 2. The Balaban J connectivity index is 1.88. The molecule has 0 aromatic heterocycles. The summed E-state index contributed by atoms with van der Waals surface area (Å²) in [5.41, 5.74) is 0.703. The number of rotatable bonds is 5. The Morgan fingerprint density at radius 1 is 1.40 bits per heavy atom. The largest absolute Gasteiger partial charge is 0.481 e. The summed E-state index contributed by atoms with van der Waals surface area (Å²) < 4.78 is 13.1. The highest BCUT2D eigenvalue weighted by atomic mass is 35.5. The van der Waals surface area contributed by atoms with E-state index < -0.39 is 5.97 Å². The number of halogens is 2. The minimum atomic E-state index is -0.708. The Kier molecular flexibility index (Phi) is 5.38. The highest BCUT2D eigenvalue weighted by Gasteiger charge is 2.30. The van der Waals surface area contributed by atoms with E-state index in [0.717, 1.165) is 25.7 Å². The van der Waals surface area contributed by atoms with Gasteiger partial charge in [-0.1, -0.05) is 24.4 Å². The van der Waals surface area contributed by atoms with Crippen LogP contribution in [0.2, 0.25) is 5.02 Å². The maximum Gasteiger partial charge on any atom is 0.306 e. The van der Waals surface area contributed by atoms with E-state index in [0.29, 0.717) is 23.7 Å². The molecule has 1 fully saturated rings.